The van der Waals surface area contributed by atoms with Gasteiger partial charge in [-0.25, -0.2) is 0 Å². The summed E-state index contributed by atoms with van der Waals surface area (Å²) in [4.78, 5) is 4.20. The van der Waals surface area contributed by atoms with Crippen LogP contribution in [-0.2, 0) is 5.88 Å². The highest BCUT2D eigenvalue weighted by molar-refractivity contribution is 6.17. The number of pyridine rings is 1. The molecule has 3 nitrogen and oxygen atoms in total. The van der Waals surface area contributed by atoms with Crippen LogP contribution in [0, 0.1) is 0 Å². The quantitative estimate of drug-likeness (QED) is 0.706. The van der Waals surface area contributed by atoms with Crippen molar-refractivity contribution in [1.82, 2.24) is 15.2 Å². The molecule has 2 aromatic rings. The van der Waals surface area contributed by atoms with E-state index in [1.807, 2.05) is 24.3 Å². The third-order valence-corrected chi connectivity index (χ3v) is 2.14. The van der Waals surface area contributed by atoms with Crippen LogP contribution < -0.4 is 0 Å². The molecule has 0 saturated carbocycles. The first-order valence-electron chi connectivity index (χ1n) is 4.20. The molecular weight excluding hydrogens is 198 g/mol. The van der Waals surface area contributed by atoms with Crippen molar-refractivity contribution < 1.29 is 0 Å². The van der Waals surface area contributed by atoms with E-state index in [1.165, 1.54) is 0 Å². The zero-order chi connectivity index (χ0) is 9.80. The van der Waals surface area contributed by atoms with Crippen molar-refractivity contribution >= 4 is 11.6 Å². The Balaban J connectivity index is 2.51. The number of halogens is 1. The molecule has 2 aromatic heterocycles. The fourth-order valence-electron chi connectivity index (χ4n) is 1.18. The van der Waals surface area contributed by atoms with Gasteiger partial charge in [0.1, 0.15) is 5.69 Å². The van der Waals surface area contributed by atoms with Crippen molar-refractivity contribution in [3.05, 3.63) is 42.2 Å². The molecule has 0 radical (unpaired) electrons. The number of rotatable bonds is 2. The minimum atomic E-state index is 0.418. The maximum absolute atomic E-state index is 5.79. The van der Waals surface area contributed by atoms with Crippen molar-refractivity contribution in [3.8, 4) is 11.4 Å². The van der Waals surface area contributed by atoms with Crippen molar-refractivity contribution in [1.29, 1.82) is 0 Å². The smallest absolute Gasteiger partial charge is 0.116 e. The molecule has 2 heterocycles. The van der Waals surface area contributed by atoms with Gasteiger partial charge in [0.2, 0.25) is 0 Å². The number of hydrogen-bond donors (Lipinski definition) is 0. The predicted molar refractivity (Wildman–Crippen MR) is 54.8 cm³/mol. The van der Waals surface area contributed by atoms with Crippen LogP contribution in [0.1, 0.15) is 5.56 Å². The van der Waals surface area contributed by atoms with E-state index in [9.17, 15) is 0 Å². The summed E-state index contributed by atoms with van der Waals surface area (Å²) in [6, 6.07) is 7.51. The number of alkyl halides is 1. The standard InChI is InChI=1S/C10H8ClN3/c11-7-8-4-6-13-14-10(8)9-3-1-2-5-12-9/h1-6H,7H2. The summed E-state index contributed by atoms with van der Waals surface area (Å²) in [7, 11) is 0. The van der Waals surface area contributed by atoms with Gasteiger partial charge in [-0.3, -0.25) is 4.98 Å². The van der Waals surface area contributed by atoms with Gasteiger partial charge in [-0.1, -0.05) is 6.07 Å². The zero-order valence-corrected chi connectivity index (χ0v) is 8.15. The molecule has 0 spiro atoms. The van der Waals surface area contributed by atoms with Gasteiger partial charge < -0.3 is 0 Å². The first-order chi connectivity index (χ1) is 6.92. The SMILES string of the molecule is ClCc1ccnnc1-c1ccccn1. The molecule has 70 valence electrons. The Morgan fingerprint density at radius 1 is 1.14 bits per heavy atom. The average molecular weight is 206 g/mol. The molecular formula is C10H8ClN3. The Morgan fingerprint density at radius 3 is 2.79 bits per heavy atom. The van der Waals surface area contributed by atoms with E-state index >= 15 is 0 Å². The van der Waals surface area contributed by atoms with E-state index in [-0.39, 0.29) is 0 Å². The van der Waals surface area contributed by atoms with Gasteiger partial charge in [-0.15, -0.1) is 16.7 Å². The molecule has 0 atom stereocenters. The molecule has 0 amide bonds. The monoisotopic (exact) mass is 205 g/mol. The lowest BCUT2D eigenvalue weighted by atomic mass is 10.2. The molecule has 14 heavy (non-hydrogen) atoms. The topological polar surface area (TPSA) is 38.7 Å². The third kappa shape index (κ3) is 1.72. The van der Waals surface area contributed by atoms with Gasteiger partial charge in [0.15, 0.2) is 0 Å². The molecule has 0 unspecified atom stereocenters. The Morgan fingerprint density at radius 2 is 2.07 bits per heavy atom. The lowest BCUT2D eigenvalue weighted by Crippen LogP contribution is -1.94. The molecule has 0 aliphatic rings. The summed E-state index contributed by atoms with van der Waals surface area (Å²) < 4.78 is 0. The Labute approximate surface area is 86.8 Å². The Kier molecular flexibility index (Phi) is 2.70. The third-order valence-electron chi connectivity index (χ3n) is 1.86. The van der Waals surface area contributed by atoms with Crippen LogP contribution in [0.15, 0.2) is 36.7 Å². The van der Waals surface area contributed by atoms with Crippen LogP contribution in [-0.4, -0.2) is 15.2 Å². The predicted octanol–water partition coefficient (Wildman–Crippen LogP) is 2.28. The molecule has 4 heteroatoms. The average Bonchev–Trinajstić information content (AvgIpc) is 2.30. The first-order valence-corrected chi connectivity index (χ1v) is 4.73. The van der Waals surface area contributed by atoms with E-state index < -0.39 is 0 Å². The van der Waals surface area contributed by atoms with Crippen LogP contribution in [0.3, 0.4) is 0 Å². The summed E-state index contributed by atoms with van der Waals surface area (Å²) in [6.45, 7) is 0. The normalized spacial score (nSPS) is 10.1. The van der Waals surface area contributed by atoms with Crippen LogP contribution >= 0.6 is 11.6 Å². The summed E-state index contributed by atoms with van der Waals surface area (Å²) in [5, 5.41) is 7.84. The molecule has 0 aromatic carbocycles. The summed E-state index contributed by atoms with van der Waals surface area (Å²) >= 11 is 5.79. The van der Waals surface area contributed by atoms with Crippen LogP contribution in [0.2, 0.25) is 0 Å². The number of aromatic nitrogens is 3. The van der Waals surface area contributed by atoms with Gasteiger partial charge in [-0.2, -0.15) is 5.10 Å². The van der Waals surface area contributed by atoms with Crippen molar-refractivity contribution in [2.24, 2.45) is 0 Å². The highest BCUT2D eigenvalue weighted by Gasteiger charge is 2.05. The van der Waals surface area contributed by atoms with Gasteiger partial charge >= 0.3 is 0 Å². The van der Waals surface area contributed by atoms with E-state index in [1.54, 1.807) is 12.4 Å². The minimum absolute atomic E-state index is 0.418. The van der Waals surface area contributed by atoms with Gasteiger partial charge in [-0.05, 0) is 23.8 Å². The first kappa shape index (κ1) is 9.09. The van der Waals surface area contributed by atoms with E-state index in [4.69, 9.17) is 11.6 Å². The highest BCUT2D eigenvalue weighted by Crippen LogP contribution is 2.18. The molecule has 0 saturated heterocycles. The van der Waals surface area contributed by atoms with E-state index in [0.29, 0.717) is 5.88 Å². The molecule has 0 N–H and O–H groups in total. The lowest BCUT2D eigenvalue weighted by Gasteiger charge is -2.02. The maximum Gasteiger partial charge on any atom is 0.116 e. The molecule has 0 aliphatic carbocycles. The summed E-state index contributed by atoms with van der Waals surface area (Å²) in [5.74, 6) is 0.418. The largest absolute Gasteiger partial charge is 0.255 e. The van der Waals surface area contributed by atoms with Crippen molar-refractivity contribution in [3.63, 3.8) is 0 Å². The van der Waals surface area contributed by atoms with Crippen LogP contribution in [0.5, 0.6) is 0 Å². The van der Waals surface area contributed by atoms with Crippen molar-refractivity contribution in [2.45, 2.75) is 5.88 Å². The second-order valence-corrected chi connectivity index (χ2v) is 3.02. The van der Waals surface area contributed by atoms with E-state index in [0.717, 1.165) is 17.0 Å². The number of hydrogen-bond acceptors (Lipinski definition) is 3. The maximum atomic E-state index is 5.79. The minimum Gasteiger partial charge on any atom is -0.255 e. The molecule has 2 rings (SSSR count). The lowest BCUT2D eigenvalue weighted by molar-refractivity contribution is 1.01. The highest BCUT2D eigenvalue weighted by atomic mass is 35.5. The second kappa shape index (κ2) is 4.15. The Hall–Kier alpha value is -1.48. The van der Waals surface area contributed by atoms with Crippen LogP contribution in [0.4, 0.5) is 0 Å². The van der Waals surface area contributed by atoms with Crippen molar-refractivity contribution in [2.75, 3.05) is 0 Å². The summed E-state index contributed by atoms with van der Waals surface area (Å²) in [6.07, 6.45) is 3.35. The fraction of sp³-hybridized carbons (Fsp3) is 0.100. The van der Waals surface area contributed by atoms with Gasteiger partial charge in [0.05, 0.1) is 5.69 Å². The molecule has 0 aliphatic heterocycles. The van der Waals surface area contributed by atoms with E-state index in [2.05, 4.69) is 15.2 Å². The van der Waals surface area contributed by atoms with Gasteiger partial charge in [0, 0.05) is 18.3 Å². The van der Waals surface area contributed by atoms with Crippen LogP contribution in [0.25, 0.3) is 11.4 Å². The molecule has 0 fully saturated rings. The zero-order valence-electron chi connectivity index (χ0n) is 7.39. The number of nitrogens with zero attached hydrogens (tertiary/aromatic N) is 3. The summed E-state index contributed by atoms with van der Waals surface area (Å²) in [5.41, 5.74) is 2.50. The van der Waals surface area contributed by atoms with Gasteiger partial charge in [0.25, 0.3) is 0 Å². The molecule has 0 bridgehead atoms. The fourth-order valence-corrected chi connectivity index (χ4v) is 1.40. The Bertz CT molecular complexity index is 417. The second-order valence-electron chi connectivity index (χ2n) is 2.75.